The van der Waals surface area contributed by atoms with E-state index in [1.165, 1.54) is 30.7 Å². The first-order chi connectivity index (χ1) is 9.82. The van der Waals surface area contributed by atoms with E-state index in [0.717, 1.165) is 25.7 Å². The van der Waals surface area contributed by atoms with E-state index in [1.807, 2.05) is 0 Å². The Bertz CT molecular complexity index is 618. The number of carboxylic acid groups (broad SMARTS) is 1. The summed E-state index contributed by atoms with van der Waals surface area (Å²) in [5.74, 6) is -1.13. The fourth-order valence-corrected chi connectivity index (χ4v) is 3.98. The van der Waals surface area contributed by atoms with Crippen LogP contribution < -0.4 is 4.72 Å². The van der Waals surface area contributed by atoms with Gasteiger partial charge in [-0.05, 0) is 36.5 Å². The Hall–Kier alpha value is -1.40. The van der Waals surface area contributed by atoms with Crippen LogP contribution in [0.5, 0.6) is 0 Å². The third-order valence-electron chi connectivity index (χ3n) is 4.14. The number of hydrogen-bond acceptors (Lipinski definition) is 3. The molecule has 0 saturated heterocycles. The second-order valence-electron chi connectivity index (χ2n) is 6.03. The van der Waals surface area contributed by atoms with Gasteiger partial charge in [-0.25, -0.2) is 17.9 Å². The maximum Gasteiger partial charge on any atom is 0.335 e. The van der Waals surface area contributed by atoms with Gasteiger partial charge in [-0.15, -0.1) is 0 Å². The van der Waals surface area contributed by atoms with Crippen LogP contribution in [-0.4, -0.2) is 26.0 Å². The molecule has 0 bridgehead atoms. The molecule has 116 valence electrons. The summed E-state index contributed by atoms with van der Waals surface area (Å²) in [6, 6.07) is 5.43. The van der Waals surface area contributed by atoms with Crippen molar-refractivity contribution in [1.82, 2.24) is 4.72 Å². The monoisotopic (exact) mass is 311 g/mol. The van der Waals surface area contributed by atoms with Crippen molar-refractivity contribution in [3.63, 3.8) is 0 Å². The molecule has 1 saturated carbocycles. The maximum atomic E-state index is 12.3. The molecule has 0 spiro atoms. The quantitative estimate of drug-likeness (QED) is 0.875. The van der Waals surface area contributed by atoms with Crippen LogP contribution >= 0.6 is 0 Å². The third kappa shape index (κ3) is 4.04. The summed E-state index contributed by atoms with van der Waals surface area (Å²) in [6.45, 7) is 2.50. The molecule has 5 nitrogen and oxygen atoms in total. The molecule has 0 atom stereocenters. The van der Waals surface area contributed by atoms with Gasteiger partial charge in [-0.3, -0.25) is 0 Å². The number of aromatic carboxylic acids is 1. The van der Waals surface area contributed by atoms with Gasteiger partial charge >= 0.3 is 5.97 Å². The van der Waals surface area contributed by atoms with Crippen molar-refractivity contribution in [3.05, 3.63) is 29.8 Å². The molecule has 21 heavy (non-hydrogen) atoms. The Morgan fingerprint density at radius 1 is 1.29 bits per heavy atom. The molecular weight excluding hydrogens is 290 g/mol. The lowest BCUT2D eigenvalue weighted by atomic mass is 9.76. The van der Waals surface area contributed by atoms with Gasteiger partial charge in [0.15, 0.2) is 0 Å². The van der Waals surface area contributed by atoms with E-state index >= 15 is 0 Å². The third-order valence-corrected chi connectivity index (χ3v) is 5.54. The predicted octanol–water partition coefficient (Wildman–Crippen LogP) is 2.63. The van der Waals surface area contributed by atoms with Crippen molar-refractivity contribution < 1.29 is 18.3 Å². The summed E-state index contributed by atoms with van der Waals surface area (Å²) in [7, 11) is -3.67. The molecule has 2 rings (SSSR count). The molecule has 0 aliphatic heterocycles. The molecule has 1 aromatic rings. The van der Waals surface area contributed by atoms with Gasteiger partial charge in [-0.2, -0.15) is 0 Å². The van der Waals surface area contributed by atoms with E-state index in [2.05, 4.69) is 11.6 Å². The Morgan fingerprint density at radius 2 is 1.95 bits per heavy atom. The normalized spacial score (nSPS) is 18.3. The van der Waals surface area contributed by atoms with E-state index < -0.39 is 16.0 Å². The van der Waals surface area contributed by atoms with Crippen molar-refractivity contribution >= 4 is 16.0 Å². The van der Waals surface area contributed by atoms with Crippen molar-refractivity contribution in [1.29, 1.82) is 0 Å². The zero-order valence-corrected chi connectivity index (χ0v) is 12.9. The minimum absolute atomic E-state index is 0.00168. The summed E-state index contributed by atoms with van der Waals surface area (Å²) >= 11 is 0. The van der Waals surface area contributed by atoms with Crippen LogP contribution in [-0.2, 0) is 10.0 Å². The van der Waals surface area contributed by atoms with E-state index in [0.29, 0.717) is 6.54 Å². The first kappa shape index (κ1) is 16.0. The lowest BCUT2D eigenvalue weighted by molar-refractivity contribution is 0.0696. The summed E-state index contributed by atoms with van der Waals surface area (Å²) in [5, 5.41) is 8.93. The second kappa shape index (κ2) is 6.15. The van der Waals surface area contributed by atoms with Gasteiger partial charge in [0.1, 0.15) is 0 Å². The van der Waals surface area contributed by atoms with Gasteiger partial charge in [-0.1, -0.05) is 32.3 Å². The van der Waals surface area contributed by atoms with Crippen LogP contribution in [0.4, 0.5) is 0 Å². The van der Waals surface area contributed by atoms with Gasteiger partial charge < -0.3 is 5.11 Å². The number of hydrogen-bond donors (Lipinski definition) is 2. The van der Waals surface area contributed by atoms with Crippen molar-refractivity contribution in [2.45, 2.75) is 43.9 Å². The molecule has 1 aliphatic rings. The maximum absolute atomic E-state index is 12.3. The second-order valence-corrected chi connectivity index (χ2v) is 7.80. The standard InChI is InChI=1S/C15H21NO4S/c1-15(8-3-2-4-9-15)11-16-21(19,20)13-7-5-6-12(10-13)14(17)18/h5-7,10,16H,2-4,8-9,11H2,1H3,(H,17,18). The Morgan fingerprint density at radius 3 is 2.57 bits per heavy atom. The predicted molar refractivity (Wildman–Crippen MR) is 79.8 cm³/mol. The zero-order chi connectivity index (χ0) is 15.5. The molecule has 0 amide bonds. The lowest BCUT2D eigenvalue weighted by Crippen LogP contribution is -2.37. The van der Waals surface area contributed by atoms with Crippen LogP contribution in [0, 0.1) is 5.41 Å². The Kier molecular flexibility index (Phi) is 4.68. The molecule has 1 aromatic carbocycles. The minimum Gasteiger partial charge on any atom is -0.478 e. The number of carbonyl (C=O) groups is 1. The Labute approximate surface area is 125 Å². The van der Waals surface area contributed by atoms with Crippen molar-refractivity contribution in [2.75, 3.05) is 6.54 Å². The molecule has 0 unspecified atom stereocenters. The molecular formula is C15H21NO4S. The Balaban J connectivity index is 2.11. The van der Waals surface area contributed by atoms with Gasteiger partial charge in [0.2, 0.25) is 10.0 Å². The SMILES string of the molecule is CC1(CNS(=O)(=O)c2cccc(C(=O)O)c2)CCCCC1. The zero-order valence-electron chi connectivity index (χ0n) is 12.1. The lowest BCUT2D eigenvalue weighted by Gasteiger charge is -2.33. The average Bonchev–Trinajstić information content (AvgIpc) is 2.46. The minimum atomic E-state index is -3.67. The largest absolute Gasteiger partial charge is 0.478 e. The van der Waals surface area contributed by atoms with Gasteiger partial charge in [0, 0.05) is 6.54 Å². The van der Waals surface area contributed by atoms with Gasteiger partial charge in [0.25, 0.3) is 0 Å². The van der Waals surface area contributed by atoms with E-state index in [4.69, 9.17) is 5.11 Å². The van der Waals surface area contributed by atoms with Crippen LogP contribution in [0.3, 0.4) is 0 Å². The topological polar surface area (TPSA) is 83.5 Å². The fourth-order valence-electron chi connectivity index (χ4n) is 2.73. The van der Waals surface area contributed by atoms with E-state index in [1.54, 1.807) is 0 Å². The van der Waals surface area contributed by atoms with Crippen LogP contribution in [0.25, 0.3) is 0 Å². The summed E-state index contributed by atoms with van der Waals surface area (Å²) in [5.41, 5.74) is -0.0304. The van der Waals surface area contributed by atoms with E-state index in [9.17, 15) is 13.2 Å². The van der Waals surface area contributed by atoms with E-state index in [-0.39, 0.29) is 15.9 Å². The average molecular weight is 311 g/mol. The van der Waals surface area contributed by atoms with Crippen LogP contribution in [0.15, 0.2) is 29.2 Å². The molecule has 0 aromatic heterocycles. The molecule has 1 fully saturated rings. The van der Waals surface area contributed by atoms with Crippen molar-refractivity contribution in [3.8, 4) is 0 Å². The van der Waals surface area contributed by atoms with Gasteiger partial charge in [0.05, 0.1) is 10.5 Å². The highest BCUT2D eigenvalue weighted by molar-refractivity contribution is 7.89. The molecule has 1 aliphatic carbocycles. The number of sulfonamides is 1. The summed E-state index contributed by atoms with van der Waals surface area (Å²) < 4.78 is 27.2. The number of benzene rings is 1. The van der Waals surface area contributed by atoms with Crippen LogP contribution in [0.2, 0.25) is 0 Å². The molecule has 0 heterocycles. The van der Waals surface area contributed by atoms with Crippen LogP contribution in [0.1, 0.15) is 49.4 Å². The summed E-state index contributed by atoms with van der Waals surface area (Å²) in [6.07, 6.45) is 5.51. The highest BCUT2D eigenvalue weighted by Crippen LogP contribution is 2.35. The highest BCUT2D eigenvalue weighted by atomic mass is 32.2. The molecule has 6 heteroatoms. The van der Waals surface area contributed by atoms with Crippen molar-refractivity contribution in [2.24, 2.45) is 5.41 Å². The first-order valence-electron chi connectivity index (χ1n) is 7.15. The summed E-state index contributed by atoms with van der Waals surface area (Å²) in [4.78, 5) is 10.9. The number of rotatable bonds is 5. The molecule has 2 N–H and O–H groups in total. The highest BCUT2D eigenvalue weighted by Gasteiger charge is 2.28. The smallest absolute Gasteiger partial charge is 0.335 e. The fraction of sp³-hybridized carbons (Fsp3) is 0.533. The number of nitrogens with one attached hydrogen (secondary N) is 1. The molecule has 0 radical (unpaired) electrons. The number of carboxylic acids is 1. The first-order valence-corrected chi connectivity index (χ1v) is 8.64.